The van der Waals surface area contributed by atoms with Crippen LogP contribution in [0.1, 0.15) is 52.3 Å². The summed E-state index contributed by atoms with van der Waals surface area (Å²) in [7, 11) is 0. The second kappa shape index (κ2) is 6.65. The number of rotatable bonds is 3. The van der Waals surface area contributed by atoms with Crippen LogP contribution in [0.3, 0.4) is 0 Å². The SMILES string of the molecule is CSC1CCC(Nc2cc(Br)nc(C(C)(C)C)n2)CC1. The van der Waals surface area contributed by atoms with E-state index in [1.807, 2.05) is 17.8 Å². The molecular weight excluding hydrogens is 334 g/mol. The molecule has 0 aliphatic heterocycles. The zero-order chi connectivity index (χ0) is 14.8. The Labute approximate surface area is 134 Å². The first-order valence-electron chi connectivity index (χ1n) is 7.23. The molecule has 1 aliphatic rings. The molecule has 0 radical (unpaired) electrons. The Morgan fingerprint density at radius 3 is 2.40 bits per heavy atom. The average Bonchev–Trinajstić information content (AvgIpc) is 2.38. The zero-order valence-electron chi connectivity index (χ0n) is 12.7. The summed E-state index contributed by atoms with van der Waals surface area (Å²) in [4.78, 5) is 9.17. The maximum atomic E-state index is 4.68. The van der Waals surface area contributed by atoms with Gasteiger partial charge in [0, 0.05) is 22.8 Å². The molecule has 1 aliphatic carbocycles. The van der Waals surface area contributed by atoms with Crippen LogP contribution < -0.4 is 5.32 Å². The van der Waals surface area contributed by atoms with Crippen LogP contribution in [0, 0.1) is 0 Å². The Morgan fingerprint density at radius 1 is 1.20 bits per heavy atom. The lowest BCUT2D eigenvalue weighted by atomic mass is 9.94. The van der Waals surface area contributed by atoms with Crippen LogP contribution in [-0.4, -0.2) is 27.5 Å². The summed E-state index contributed by atoms with van der Waals surface area (Å²) >= 11 is 5.50. The first kappa shape index (κ1) is 16.1. The summed E-state index contributed by atoms with van der Waals surface area (Å²) in [6, 6.07) is 2.53. The Kier molecular flexibility index (Phi) is 5.35. The van der Waals surface area contributed by atoms with Crippen LogP contribution in [0.25, 0.3) is 0 Å². The molecule has 0 amide bonds. The van der Waals surface area contributed by atoms with Crippen LogP contribution in [0.2, 0.25) is 0 Å². The van der Waals surface area contributed by atoms with Gasteiger partial charge in [-0.3, -0.25) is 0 Å². The molecule has 2 rings (SSSR count). The minimum Gasteiger partial charge on any atom is -0.367 e. The van der Waals surface area contributed by atoms with Crippen molar-refractivity contribution in [1.82, 2.24) is 9.97 Å². The van der Waals surface area contributed by atoms with Gasteiger partial charge in [0.15, 0.2) is 0 Å². The van der Waals surface area contributed by atoms with E-state index in [-0.39, 0.29) is 5.41 Å². The first-order valence-corrected chi connectivity index (χ1v) is 9.31. The number of nitrogens with one attached hydrogen (secondary N) is 1. The number of anilines is 1. The molecule has 1 N–H and O–H groups in total. The molecule has 0 saturated heterocycles. The fourth-order valence-electron chi connectivity index (χ4n) is 2.48. The molecule has 1 aromatic rings. The highest BCUT2D eigenvalue weighted by Crippen LogP contribution is 2.29. The van der Waals surface area contributed by atoms with Gasteiger partial charge in [-0.2, -0.15) is 11.8 Å². The Hall–Kier alpha value is -0.290. The van der Waals surface area contributed by atoms with Gasteiger partial charge < -0.3 is 5.32 Å². The maximum Gasteiger partial charge on any atom is 0.137 e. The van der Waals surface area contributed by atoms with Gasteiger partial charge in [0.25, 0.3) is 0 Å². The summed E-state index contributed by atoms with van der Waals surface area (Å²) in [6.07, 6.45) is 7.29. The molecule has 112 valence electrons. The number of thioether (sulfide) groups is 1. The van der Waals surface area contributed by atoms with Gasteiger partial charge in [0.1, 0.15) is 16.2 Å². The van der Waals surface area contributed by atoms with E-state index in [0.717, 1.165) is 21.5 Å². The lowest BCUT2D eigenvalue weighted by molar-refractivity contribution is 0.471. The van der Waals surface area contributed by atoms with Gasteiger partial charge in [-0.25, -0.2) is 9.97 Å². The van der Waals surface area contributed by atoms with Crippen LogP contribution >= 0.6 is 27.7 Å². The second-order valence-corrected chi connectivity index (χ2v) is 8.45. The van der Waals surface area contributed by atoms with Crippen molar-refractivity contribution in [3.8, 4) is 0 Å². The monoisotopic (exact) mass is 357 g/mol. The maximum absolute atomic E-state index is 4.68. The van der Waals surface area contributed by atoms with Crippen molar-refractivity contribution >= 4 is 33.5 Å². The predicted octanol–water partition coefficient (Wildman–Crippen LogP) is 4.62. The van der Waals surface area contributed by atoms with Gasteiger partial charge in [0.2, 0.25) is 0 Å². The second-order valence-electron chi connectivity index (χ2n) is 6.50. The standard InChI is InChI=1S/C15H24BrN3S/c1-15(2,3)14-18-12(16)9-13(19-14)17-10-5-7-11(20-4)8-6-10/h9-11H,5-8H2,1-4H3,(H,17,18,19). The van der Waals surface area contributed by atoms with E-state index >= 15 is 0 Å². The van der Waals surface area contributed by atoms with Gasteiger partial charge in [-0.15, -0.1) is 0 Å². The molecule has 20 heavy (non-hydrogen) atoms. The number of nitrogens with zero attached hydrogens (tertiary/aromatic N) is 2. The largest absolute Gasteiger partial charge is 0.367 e. The van der Waals surface area contributed by atoms with Crippen molar-refractivity contribution in [3.63, 3.8) is 0 Å². The number of halogens is 1. The Balaban J connectivity index is 2.05. The molecule has 1 heterocycles. The molecule has 0 bridgehead atoms. The first-order chi connectivity index (χ1) is 9.38. The van der Waals surface area contributed by atoms with E-state index in [4.69, 9.17) is 0 Å². The lowest BCUT2D eigenvalue weighted by Crippen LogP contribution is -2.28. The third kappa shape index (κ3) is 4.35. The Bertz CT molecular complexity index is 451. The average molecular weight is 358 g/mol. The molecule has 5 heteroatoms. The topological polar surface area (TPSA) is 37.8 Å². The van der Waals surface area contributed by atoms with Crippen molar-refractivity contribution in [2.45, 2.75) is 63.2 Å². The molecular formula is C15H24BrN3S. The minimum atomic E-state index is -0.0310. The quantitative estimate of drug-likeness (QED) is 0.800. The zero-order valence-corrected chi connectivity index (χ0v) is 15.1. The van der Waals surface area contributed by atoms with Crippen molar-refractivity contribution in [1.29, 1.82) is 0 Å². The predicted molar refractivity (Wildman–Crippen MR) is 91.6 cm³/mol. The van der Waals surface area contributed by atoms with Gasteiger partial charge in [0.05, 0.1) is 0 Å². The molecule has 3 nitrogen and oxygen atoms in total. The minimum absolute atomic E-state index is 0.0310. The third-order valence-corrected chi connectivity index (χ3v) is 5.27. The summed E-state index contributed by atoms with van der Waals surface area (Å²) in [5, 5.41) is 4.43. The van der Waals surface area contributed by atoms with E-state index in [0.29, 0.717) is 6.04 Å². The van der Waals surface area contributed by atoms with E-state index in [2.05, 4.69) is 58.2 Å². The van der Waals surface area contributed by atoms with Gasteiger partial charge in [-0.1, -0.05) is 20.8 Å². The molecule has 1 fully saturated rings. The normalized spacial score (nSPS) is 23.6. The molecule has 0 atom stereocenters. The smallest absolute Gasteiger partial charge is 0.137 e. The van der Waals surface area contributed by atoms with E-state index < -0.39 is 0 Å². The molecule has 0 unspecified atom stereocenters. The van der Waals surface area contributed by atoms with Gasteiger partial charge >= 0.3 is 0 Å². The van der Waals surface area contributed by atoms with Crippen molar-refractivity contribution < 1.29 is 0 Å². The van der Waals surface area contributed by atoms with Crippen LogP contribution in [-0.2, 0) is 5.41 Å². The van der Waals surface area contributed by atoms with Crippen molar-refractivity contribution in [2.24, 2.45) is 0 Å². The Morgan fingerprint density at radius 2 is 1.85 bits per heavy atom. The van der Waals surface area contributed by atoms with Crippen molar-refractivity contribution in [3.05, 3.63) is 16.5 Å². The highest BCUT2D eigenvalue weighted by molar-refractivity contribution is 9.10. The summed E-state index contributed by atoms with van der Waals surface area (Å²) in [5.41, 5.74) is -0.0310. The van der Waals surface area contributed by atoms with Crippen LogP contribution in [0.15, 0.2) is 10.7 Å². The van der Waals surface area contributed by atoms with Crippen LogP contribution in [0.5, 0.6) is 0 Å². The van der Waals surface area contributed by atoms with E-state index in [1.54, 1.807) is 0 Å². The number of hydrogen-bond acceptors (Lipinski definition) is 4. The van der Waals surface area contributed by atoms with E-state index in [1.165, 1.54) is 25.7 Å². The number of aromatic nitrogens is 2. The molecule has 1 aromatic heterocycles. The molecule has 0 aromatic carbocycles. The van der Waals surface area contributed by atoms with Gasteiger partial charge in [-0.05, 0) is 47.9 Å². The highest BCUT2D eigenvalue weighted by atomic mass is 79.9. The lowest BCUT2D eigenvalue weighted by Gasteiger charge is -2.28. The summed E-state index contributed by atoms with van der Waals surface area (Å²) in [6.45, 7) is 6.42. The van der Waals surface area contributed by atoms with E-state index in [9.17, 15) is 0 Å². The fourth-order valence-corrected chi connectivity index (χ4v) is 3.61. The highest BCUT2D eigenvalue weighted by Gasteiger charge is 2.22. The van der Waals surface area contributed by atoms with Crippen LogP contribution in [0.4, 0.5) is 5.82 Å². The fraction of sp³-hybridized carbons (Fsp3) is 0.733. The summed E-state index contributed by atoms with van der Waals surface area (Å²) < 4.78 is 0.859. The van der Waals surface area contributed by atoms with Crippen molar-refractivity contribution in [2.75, 3.05) is 11.6 Å². The molecule has 0 spiro atoms. The third-order valence-electron chi connectivity index (χ3n) is 3.73. The number of hydrogen-bond donors (Lipinski definition) is 1. The molecule has 1 saturated carbocycles. The summed E-state index contributed by atoms with van der Waals surface area (Å²) in [5.74, 6) is 1.83.